The molecule has 1 aromatic heterocycles. The highest BCUT2D eigenvalue weighted by atomic mass is 32.1. The Morgan fingerprint density at radius 1 is 1.62 bits per heavy atom. The zero-order valence-corrected chi connectivity index (χ0v) is 11.0. The summed E-state index contributed by atoms with van der Waals surface area (Å²) in [6.07, 6.45) is 5.11. The third-order valence-corrected chi connectivity index (χ3v) is 4.26. The Balaban J connectivity index is 1.97. The molecule has 0 aliphatic carbocycles. The maximum Gasteiger partial charge on any atom is 0.0944 e. The third kappa shape index (κ3) is 2.81. The van der Waals surface area contributed by atoms with Crippen LogP contribution in [0.3, 0.4) is 0 Å². The molecule has 2 unspecified atom stereocenters. The summed E-state index contributed by atoms with van der Waals surface area (Å²) in [6, 6.07) is 0.745. The van der Waals surface area contributed by atoms with Crippen LogP contribution < -0.4 is 5.73 Å². The molecule has 2 atom stereocenters. The number of hydrogen-bond acceptors (Lipinski definition) is 4. The summed E-state index contributed by atoms with van der Waals surface area (Å²) in [5.74, 6) is 0. The molecule has 1 aliphatic heterocycles. The van der Waals surface area contributed by atoms with Crippen LogP contribution in [0.2, 0.25) is 0 Å². The van der Waals surface area contributed by atoms with Crippen molar-refractivity contribution in [3.05, 3.63) is 16.1 Å². The molecule has 1 fully saturated rings. The summed E-state index contributed by atoms with van der Waals surface area (Å²) in [6.45, 7) is 3.22. The zero-order valence-electron chi connectivity index (χ0n) is 10.1. The highest BCUT2D eigenvalue weighted by molar-refractivity contribution is 7.09. The number of aromatic nitrogens is 1. The molecule has 0 saturated carbocycles. The van der Waals surface area contributed by atoms with Gasteiger partial charge in [-0.05, 0) is 33.4 Å². The molecule has 1 aliphatic rings. The molecule has 0 aromatic carbocycles. The van der Waals surface area contributed by atoms with Gasteiger partial charge in [0.05, 0.1) is 10.7 Å². The lowest BCUT2D eigenvalue weighted by molar-refractivity contribution is 0.184. The van der Waals surface area contributed by atoms with Crippen LogP contribution in [0.5, 0.6) is 0 Å². The van der Waals surface area contributed by atoms with Gasteiger partial charge in [-0.2, -0.15) is 0 Å². The highest BCUT2D eigenvalue weighted by Gasteiger charge is 2.20. The van der Waals surface area contributed by atoms with Gasteiger partial charge in [0.25, 0.3) is 0 Å². The molecule has 2 heterocycles. The fourth-order valence-electron chi connectivity index (χ4n) is 2.23. The van der Waals surface area contributed by atoms with E-state index < -0.39 is 0 Å². The van der Waals surface area contributed by atoms with Gasteiger partial charge >= 0.3 is 0 Å². The number of likely N-dealkylation sites (tertiary alicyclic amines) is 1. The second-order valence-electron chi connectivity index (χ2n) is 4.79. The van der Waals surface area contributed by atoms with Crippen molar-refractivity contribution in [2.45, 2.75) is 44.7 Å². The Bertz CT molecular complexity index is 335. The normalized spacial score (nSPS) is 24.6. The minimum absolute atomic E-state index is 0.0640. The molecule has 0 amide bonds. The summed E-state index contributed by atoms with van der Waals surface area (Å²) < 4.78 is 0. The van der Waals surface area contributed by atoms with Crippen molar-refractivity contribution in [1.82, 2.24) is 9.88 Å². The van der Waals surface area contributed by atoms with Crippen molar-refractivity contribution in [3.8, 4) is 0 Å². The summed E-state index contributed by atoms with van der Waals surface area (Å²) in [7, 11) is 2.23. The molecule has 3 nitrogen and oxygen atoms in total. The minimum atomic E-state index is 0.0640. The van der Waals surface area contributed by atoms with Crippen molar-refractivity contribution in [2.24, 2.45) is 5.73 Å². The molecule has 0 bridgehead atoms. The molecule has 0 spiro atoms. The second kappa shape index (κ2) is 5.25. The molecule has 16 heavy (non-hydrogen) atoms. The molecular formula is C12H21N3S. The van der Waals surface area contributed by atoms with Crippen molar-refractivity contribution in [2.75, 3.05) is 13.6 Å². The van der Waals surface area contributed by atoms with Gasteiger partial charge in [0.1, 0.15) is 0 Å². The first-order chi connectivity index (χ1) is 7.66. The molecule has 4 heteroatoms. The Morgan fingerprint density at radius 3 is 3.06 bits per heavy atom. The molecule has 2 N–H and O–H groups in total. The predicted octanol–water partition coefficient (Wildman–Crippen LogP) is 2.19. The van der Waals surface area contributed by atoms with Gasteiger partial charge in [0, 0.05) is 23.9 Å². The van der Waals surface area contributed by atoms with Crippen molar-refractivity contribution in [1.29, 1.82) is 0 Å². The first-order valence-corrected chi connectivity index (χ1v) is 6.95. The van der Waals surface area contributed by atoms with E-state index in [-0.39, 0.29) is 6.04 Å². The molecule has 2 rings (SSSR count). The second-order valence-corrected chi connectivity index (χ2v) is 5.73. The van der Waals surface area contributed by atoms with E-state index in [1.54, 1.807) is 11.3 Å². The zero-order chi connectivity index (χ0) is 11.5. The van der Waals surface area contributed by atoms with Crippen LogP contribution in [-0.2, 0) is 6.42 Å². The standard InChI is InChI=1S/C12H21N3S/c1-9(13)11-8-16-12(14-11)7-10-5-3-4-6-15(10)2/h8-10H,3-7,13H2,1-2H3. The maximum absolute atomic E-state index is 5.82. The smallest absolute Gasteiger partial charge is 0.0944 e. The Hall–Kier alpha value is -0.450. The van der Waals surface area contributed by atoms with Gasteiger partial charge in [-0.15, -0.1) is 11.3 Å². The van der Waals surface area contributed by atoms with Gasteiger partial charge in [-0.25, -0.2) is 4.98 Å². The van der Waals surface area contributed by atoms with Crippen LogP contribution in [0.1, 0.15) is 42.9 Å². The predicted molar refractivity (Wildman–Crippen MR) is 68.7 cm³/mol. The summed E-state index contributed by atoms with van der Waals surface area (Å²) in [4.78, 5) is 7.07. The summed E-state index contributed by atoms with van der Waals surface area (Å²) in [5.41, 5.74) is 6.86. The number of thiazole rings is 1. The van der Waals surface area contributed by atoms with E-state index in [1.165, 1.54) is 30.8 Å². The van der Waals surface area contributed by atoms with Gasteiger partial charge < -0.3 is 10.6 Å². The van der Waals surface area contributed by atoms with E-state index in [2.05, 4.69) is 22.3 Å². The van der Waals surface area contributed by atoms with Crippen molar-refractivity contribution in [3.63, 3.8) is 0 Å². The van der Waals surface area contributed by atoms with Gasteiger partial charge in [0.2, 0.25) is 0 Å². The fourth-order valence-corrected chi connectivity index (χ4v) is 3.20. The first-order valence-electron chi connectivity index (χ1n) is 6.07. The van der Waals surface area contributed by atoms with E-state index >= 15 is 0 Å². The summed E-state index contributed by atoms with van der Waals surface area (Å²) in [5, 5.41) is 3.34. The largest absolute Gasteiger partial charge is 0.323 e. The lowest BCUT2D eigenvalue weighted by atomic mass is 10.0. The Kier molecular flexibility index (Phi) is 3.95. The topological polar surface area (TPSA) is 42.1 Å². The van der Waals surface area contributed by atoms with Gasteiger partial charge in [0.15, 0.2) is 0 Å². The SMILES string of the molecule is CC(N)c1csc(CC2CCCCN2C)n1. The van der Waals surface area contributed by atoms with E-state index in [1.807, 2.05) is 6.92 Å². The van der Waals surface area contributed by atoms with Crippen LogP contribution in [0, 0.1) is 0 Å². The molecule has 90 valence electrons. The molecule has 1 saturated heterocycles. The molecular weight excluding hydrogens is 218 g/mol. The monoisotopic (exact) mass is 239 g/mol. The number of likely N-dealkylation sites (N-methyl/N-ethyl adjacent to an activating group) is 1. The van der Waals surface area contributed by atoms with Crippen LogP contribution in [-0.4, -0.2) is 29.5 Å². The first kappa shape index (κ1) is 12.0. The number of rotatable bonds is 3. The Labute approximate surface area is 102 Å². The van der Waals surface area contributed by atoms with Crippen LogP contribution in [0.4, 0.5) is 0 Å². The molecule has 1 aromatic rings. The van der Waals surface area contributed by atoms with E-state index in [0.717, 1.165) is 12.1 Å². The lowest BCUT2D eigenvalue weighted by Gasteiger charge is -2.31. The van der Waals surface area contributed by atoms with E-state index in [9.17, 15) is 0 Å². The van der Waals surface area contributed by atoms with Gasteiger partial charge in [-0.1, -0.05) is 6.42 Å². The molecule has 0 radical (unpaired) electrons. The van der Waals surface area contributed by atoms with Crippen LogP contribution in [0.25, 0.3) is 0 Å². The quantitative estimate of drug-likeness (QED) is 0.879. The highest BCUT2D eigenvalue weighted by Crippen LogP contribution is 2.22. The minimum Gasteiger partial charge on any atom is -0.323 e. The number of nitrogens with two attached hydrogens (primary N) is 1. The van der Waals surface area contributed by atoms with Crippen molar-refractivity contribution >= 4 is 11.3 Å². The van der Waals surface area contributed by atoms with Crippen LogP contribution in [0.15, 0.2) is 5.38 Å². The lowest BCUT2D eigenvalue weighted by Crippen LogP contribution is -2.37. The van der Waals surface area contributed by atoms with Crippen LogP contribution >= 0.6 is 11.3 Å². The van der Waals surface area contributed by atoms with Crippen molar-refractivity contribution < 1.29 is 0 Å². The van der Waals surface area contributed by atoms with Gasteiger partial charge in [-0.3, -0.25) is 0 Å². The average molecular weight is 239 g/mol. The maximum atomic E-state index is 5.82. The average Bonchev–Trinajstić information content (AvgIpc) is 2.70. The van der Waals surface area contributed by atoms with E-state index in [0.29, 0.717) is 6.04 Å². The number of nitrogens with zero attached hydrogens (tertiary/aromatic N) is 2. The third-order valence-electron chi connectivity index (χ3n) is 3.37. The Morgan fingerprint density at radius 2 is 2.44 bits per heavy atom. The number of hydrogen-bond donors (Lipinski definition) is 1. The van der Waals surface area contributed by atoms with E-state index in [4.69, 9.17) is 5.73 Å². The number of piperidine rings is 1. The fraction of sp³-hybridized carbons (Fsp3) is 0.750. The summed E-state index contributed by atoms with van der Waals surface area (Å²) >= 11 is 1.76.